The number of fused-ring (bicyclic) bond motifs is 1. The summed E-state index contributed by atoms with van der Waals surface area (Å²) in [6.07, 6.45) is 4.61. The Labute approximate surface area is 234 Å². The van der Waals surface area contributed by atoms with Crippen molar-refractivity contribution in [1.29, 1.82) is 0 Å². The molecule has 0 unspecified atom stereocenters. The van der Waals surface area contributed by atoms with Crippen LogP contribution in [0.15, 0.2) is 59.5 Å². The van der Waals surface area contributed by atoms with Gasteiger partial charge in [0.1, 0.15) is 23.7 Å². The van der Waals surface area contributed by atoms with Crippen LogP contribution in [-0.4, -0.2) is 20.6 Å². The zero-order valence-corrected chi connectivity index (χ0v) is 25.0. The molecular formula is C33H42O5S. The van der Waals surface area contributed by atoms with Crippen molar-refractivity contribution in [3.05, 3.63) is 88.0 Å². The first-order valence-electron chi connectivity index (χ1n) is 13.9. The number of hydrogen-bond acceptors (Lipinski definition) is 5. The van der Waals surface area contributed by atoms with Gasteiger partial charge in [0.25, 0.3) is 10.1 Å². The Morgan fingerprint density at radius 1 is 0.949 bits per heavy atom. The number of ether oxygens (including phenoxy) is 2. The molecule has 0 spiro atoms. The van der Waals surface area contributed by atoms with Crippen molar-refractivity contribution in [3.63, 3.8) is 0 Å². The van der Waals surface area contributed by atoms with Gasteiger partial charge in [-0.1, -0.05) is 55.0 Å². The molecule has 1 aliphatic rings. The van der Waals surface area contributed by atoms with E-state index in [1.165, 1.54) is 11.1 Å². The van der Waals surface area contributed by atoms with E-state index in [4.69, 9.17) is 13.7 Å². The molecule has 0 radical (unpaired) electrons. The van der Waals surface area contributed by atoms with Gasteiger partial charge in [0.15, 0.2) is 0 Å². The number of benzene rings is 3. The van der Waals surface area contributed by atoms with E-state index in [2.05, 4.69) is 39.8 Å². The summed E-state index contributed by atoms with van der Waals surface area (Å²) in [5, 5.41) is 0. The van der Waals surface area contributed by atoms with E-state index in [0.717, 1.165) is 65.9 Å². The van der Waals surface area contributed by atoms with Crippen LogP contribution in [0, 0.1) is 33.6 Å². The average Bonchev–Trinajstić information content (AvgIpc) is 2.91. The second kappa shape index (κ2) is 12.1. The third-order valence-corrected chi connectivity index (χ3v) is 9.31. The van der Waals surface area contributed by atoms with Crippen LogP contribution in [0.4, 0.5) is 0 Å². The van der Waals surface area contributed by atoms with Gasteiger partial charge in [0.2, 0.25) is 0 Å². The Morgan fingerprint density at radius 3 is 2.33 bits per heavy atom. The first-order chi connectivity index (χ1) is 18.5. The molecule has 39 heavy (non-hydrogen) atoms. The summed E-state index contributed by atoms with van der Waals surface area (Å²) in [5.74, 6) is 2.10. The maximum Gasteiger partial charge on any atom is 0.296 e. The molecule has 0 aromatic heterocycles. The van der Waals surface area contributed by atoms with Crippen molar-refractivity contribution in [2.24, 2.45) is 5.92 Å². The number of hydrogen-bond donors (Lipinski definition) is 0. The number of aryl methyl sites for hydroxylation is 1. The Bertz CT molecular complexity index is 1380. The first-order valence-corrected chi connectivity index (χ1v) is 15.3. The summed E-state index contributed by atoms with van der Waals surface area (Å²) in [4.78, 5) is 0.205. The van der Waals surface area contributed by atoms with Crippen molar-refractivity contribution < 1.29 is 22.1 Å². The van der Waals surface area contributed by atoms with Crippen LogP contribution in [0.25, 0.3) is 0 Å². The van der Waals surface area contributed by atoms with Crippen LogP contribution < -0.4 is 9.47 Å². The van der Waals surface area contributed by atoms with Crippen LogP contribution in [0.3, 0.4) is 0 Å². The van der Waals surface area contributed by atoms with Gasteiger partial charge in [0.05, 0.1) is 11.5 Å². The zero-order chi connectivity index (χ0) is 28.2. The molecule has 6 heteroatoms. The van der Waals surface area contributed by atoms with E-state index >= 15 is 0 Å². The molecule has 2 atom stereocenters. The Kier molecular flexibility index (Phi) is 9.07. The molecule has 4 rings (SSSR count). The molecule has 1 aliphatic heterocycles. The maximum atomic E-state index is 12.5. The summed E-state index contributed by atoms with van der Waals surface area (Å²) < 4.78 is 43.4. The molecule has 0 bridgehead atoms. The molecule has 0 saturated heterocycles. The van der Waals surface area contributed by atoms with Crippen molar-refractivity contribution in [3.8, 4) is 11.5 Å². The van der Waals surface area contributed by atoms with Gasteiger partial charge >= 0.3 is 0 Å². The van der Waals surface area contributed by atoms with E-state index in [1.807, 2.05) is 32.0 Å². The summed E-state index contributed by atoms with van der Waals surface area (Å²) in [6.45, 7) is 13.3. The second-order valence-electron chi connectivity index (χ2n) is 11.4. The topological polar surface area (TPSA) is 61.8 Å². The van der Waals surface area contributed by atoms with Crippen molar-refractivity contribution in [1.82, 2.24) is 0 Å². The van der Waals surface area contributed by atoms with E-state index in [-0.39, 0.29) is 23.0 Å². The van der Waals surface area contributed by atoms with Crippen LogP contribution in [-0.2, 0) is 27.3 Å². The molecule has 0 saturated carbocycles. The maximum absolute atomic E-state index is 12.5. The predicted molar refractivity (Wildman–Crippen MR) is 156 cm³/mol. The molecular weight excluding hydrogens is 508 g/mol. The van der Waals surface area contributed by atoms with Gasteiger partial charge in [-0.2, -0.15) is 8.42 Å². The molecule has 0 fully saturated rings. The Hall–Kier alpha value is -2.83. The quantitative estimate of drug-likeness (QED) is 0.228. The minimum absolute atomic E-state index is 0.125. The highest BCUT2D eigenvalue weighted by atomic mass is 32.2. The Morgan fingerprint density at radius 2 is 1.64 bits per heavy atom. The van der Waals surface area contributed by atoms with E-state index in [0.29, 0.717) is 6.61 Å². The number of rotatable bonds is 11. The fraction of sp³-hybridized carbons (Fsp3) is 0.455. The SMILES string of the molecule is Cc1ccc(S(=O)(=O)OC[C@H](C)CCC[C@@]2(C)CCc3c(C)c(OCc4ccccc4)c(C)c(C)c3O2)cc1. The predicted octanol–water partition coefficient (Wildman–Crippen LogP) is 7.79. The zero-order valence-electron chi connectivity index (χ0n) is 24.2. The Balaban J connectivity index is 1.33. The van der Waals surface area contributed by atoms with E-state index in [9.17, 15) is 8.42 Å². The summed E-state index contributed by atoms with van der Waals surface area (Å²) in [5.41, 5.74) is 6.62. The largest absolute Gasteiger partial charge is 0.488 e. The third kappa shape index (κ3) is 7.03. The van der Waals surface area contributed by atoms with Gasteiger partial charge in [-0.3, -0.25) is 4.18 Å². The first kappa shape index (κ1) is 29.2. The lowest BCUT2D eigenvalue weighted by atomic mass is 9.84. The molecule has 0 amide bonds. The highest BCUT2D eigenvalue weighted by Gasteiger charge is 2.34. The van der Waals surface area contributed by atoms with Crippen molar-refractivity contribution in [2.45, 2.75) is 90.7 Å². The highest BCUT2D eigenvalue weighted by molar-refractivity contribution is 7.86. The van der Waals surface area contributed by atoms with Gasteiger partial charge in [0, 0.05) is 5.56 Å². The standard InChI is InChI=1S/C33H42O5S/c1-23-14-16-29(17-15-23)39(34,35)37-21-24(2)11-10-19-33(6)20-18-30-27(5)31(25(3)26(4)32(30)38-33)36-22-28-12-8-7-9-13-28/h7-9,12-17,24H,10-11,18-22H2,1-6H3/t24-,33+/m1/s1. The van der Waals surface area contributed by atoms with Crippen LogP contribution in [0.2, 0.25) is 0 Å². The van der Waals surface area contributed by atoms with Gasteiger partial charge in [-0.25, -0.2) is 0 Å². The lowest BCUT2D eigenvalue weighted by molar-refractivity contribution is 0.0506. The van der Waals surface area contributed by atoms with Gasteiger partial charge in [-0.15, -0.1) is 0 Å². The molecule has 3 aromatic carbocycles. The summed E-state index contributed by atoms with van der Waals surface area (Å²) in [6, 6.07) is 17.0. The average molecular weight is 551 g/mol. The normalized spacial score (nSPS) is 17.8. The molecule has 5 nitrogen and oxygen atoms in total. The van der Waals surface area contributed by atoms with Crippen molar-refractivity contribution in [2.75, 3.05) is 6.61 Å². The minimum atomic E-state index is -3.73. The minimum Gasteiger partial charge on any atom is -0.488 e. The third-order valence-electron chi connectivity index (χ3n) is 8.01. The second-order valence-corrected chi connectivity index (χ2v) is 13.0. The van der Waals surface area contributed by atoms with Gasteiger partial charge < -0.3 is 9.47 Å². The van der Waals surface area contributed by atoms with Crippen LogP contribution in [0.1, 0.15) is 72.9 Å². The lowest BCUT2D eigenvalue weighted by Crippen LogP contribution is -2.37. The smallest absolute Gasteiger partial charge is 0.296 e. The lowest BCUT2D eigenvalue weighted by Gasteiger charge is -2.38. The summed E-state index contributed by atoms with van der Waals surface area (Å²) in [7, 11) is -3.73. The van der Waals surface area contributed by atoms with E-state index < -0.39 is 10.1 Å². The van der Waals surface area contributed by atoms with Crippen molar-refractivity contribution >= 4 is 10.1 Å². The molecule has 1 heterocycles. The monoisotopic (exact) mass is 550 g/mol. The molecule has 0 N–H and O–H groups in total. The van der Waals surface area contributed by atoms with Crippen LogP contribution >= 0.6 is 0 Å². The fourth-order valence-corrected chi connectivity index (χ4v) is 6.31. The highest BCUT2D eigenvalue weighted by Crippen LogP contribution is 2.45. The molecule has 3 aromatic rings. The van der Waals surface area contributed by atoms with Gasteiger partial charge in [-0.05, 0) is 107 Å². The molecule has 210 valence electrons. The van der Waals surface area contributed by atoms with Crippen LogP contribution in [0.5, 0.6) is 11.5 Å². The summed E-state index contributed by atoms with van der Waals surface area (Å²) >= 11 is 0. The fourth-order valence-electron chi connectivity index (χ4n) is 5.29. The molecule has 0 aliphatic carbocycles. The van der Waals surface area contributed by atoms with E-state index in [1.54, 1.807) is 24.3 Å².